The standard InChI is InChI=1S/C22H28N2O5/c1-23-8-4-5-20(21(23)25)22(26)24-9-6-16(7-10-24)14-29-15-17-11-18(27-2)13-19(12-17)28-3/h4-5,8,11-13,16H,6-7,9-10,14-15H2,1-3H3. The number of ether oxygens (including phenoxy) is 3. The molecule has 0 radical (unpaired) electrons. The number of carbonyl (C=O) groups excluding carboxylic acids is 1. The Kier molecular flexibility index (Phi) is 6.93. The molecule has 2 aromatic rings. The fourth-order valence-electron chi connectivity index (χ4n) is 3.53. The summed E-state index contributed by atoms with van der Waals surface area (Å²) in [4.78, 5) is 26.6. The number of hydrogen-bond donors (Lipinski definition) is 0. The molecule has 0 bridgehead atoms. The highest BCUT2D eigenvalue weighted by Gasteiger charge is 2.25. The highest BCUT2D eigenvalue weighted by atomic mass is 16.5. The van der Waals surface area contributed by atoms with E-state index in [1.165, 1.54) is 4.57 Å². The average molecular weight is 400 g/mol. The zero-order valence-electron chi connectivity index (χ0n) is 17.2. The van der Waals surface area contributed by atoms with Crippen molar-refractivity contribution in [1.29, 1.82) is 0 Å². The fourth-order valence-corrected chi connectivity index (χ4v) is 3.53. The molecule has 0 aliphatic carbocycles. The van der Waals surface area contributed by atoms with Crippen LogP contribution in [0.5, 0.6) is 11.5 Å². The number of carbonyl (C=O) groups is 1. The van der Waals surface area contributed by atoms with Gasteiger partial charge in [0.15, 0.2) is 0 Å². The summed E-state index contributed by atoms with van der Waals surface area (Å²) >= 11 is 0. The monoisotopic (exact) mass is 400 g/mol. The molecule has 3 rings (SSSR count). The average Bonchev–Trinajstić information content (AvgIpc) is 2.75. The van der Waals surface area contributed by atoms with Crippen molar-refractivity contribution in [2.45, 2.75) is 19.4 Å². The Morgan fingerprint density at radius 3 is 2.38 bits per heavy atom. The molecule has 1 fully saturated rings. The number of methoxy groups -OCH3 is 2. The van der Waals surface area contributed by atoms with E-state index in [2.05, 4.69) is 0 Å². The molecule has 156 valence electrons. The first-order valence-corrected chi connectivity index (χ1v) is 9.76. The van der Waals surface area contributed by atoms with Gasteiger partial charge in [-0.3, -0.25) is 9.59 Å². The van der Waals surface area contributed by atoms with Crippen LogP contribution < -0.4 is 15.0 Å². The Bertz CT molecular complexity index is 878. The quantitative estimate of drug-likeness (QED) is 0.714. The van der Waals surface area contributed by atoms with Crippen LogP contribution in [0, 0.1) is 5.92 Å². The molecule has 7 heteroatoms. The number of hydrogen-bond acceptors (Lipinski definition) is 5. The second-order valence-corrected chi connectivity index (χ2v) is 7.31. The van der Waals surface area contributed by atoms with Crippen molar-refractivity contribution in [2.75, 3.05) is 33.9 Å². The van der Waals surface area contributed by atoms with Crippen molar-refractivity contribution in [1.82, 2.24) is 9.47 Å². The van der Waals surface area contributed by atoms with E-state index in [4.69, 9.17) is 14.2 Å². The molecule has 1 aliphatic heterocycles. The second-order valence-electron chi connectivity index (χ2n) is 7.31. The van der Waals surface area contributed by atoms with E-state index in [1.54, 1.807) is 44.5 Å². The number of amides is 1. The van der Waals surface area contributed by atoms with Crippen molar-refractivity contribution >= 4 is 5.91 Å². The first-order chi connectivity index (χ1) is 14.0. The van der Waals surface area contributed by atoms with E-state index in [0.29, 0.717) is 32.2 Å². The predicted octanol–water partition coefficient (Wildman–Crippen LogP) is 2.47. The molecule has 2 heterocycles. The lowest BCUT2D eigenvalue weighted by Crippen LogP contribution is -2.41. The summed E-state index contributed by atoms with van der Waals surface area (Å²) in [5.74, 6) is 1.68. The minimum absolute atomic E-state index is 0.186. The second kappa shape index (κ2) is 9.60. The lowest BCUT2D eigenvalue weighted by Gasteiger charge is -2.31. The smallest absolute Gasteiger partial charge is 0.263 e. The number of rotatable bonds is 7. The van der Waals surface area contributed by atoms with Crippen LogP contribution in [-0.4, -0.2) is 49.3 Å². The van der Waals surface area contributed by atoms with Gasteiger partial charge in [0, 0.05) is 39.0 Å². The molecule has 7 nitrogen and oxygen atoms in total. The molecule has 0 atom stereocenters. The number of aryl methyl sites for hydroxylation is 1. The Labute approximate surface area is 170 Å². The molecule has 0 saturated carbocycles. The van der Waals surface area contributed by atoms with E-state index >= 15 is 0 Å². The number of pyridine rings is 1. The predicted molar refractivity (Wildman–Crippen MR) is 110 cm³/mol. The molecule has 29 heavy (non-hydrogen) atoms. The highest BCUT2D eigenvalue weighted by molar-refractivity contribution is 5.93. The fraction of sp³-hybridized carbons (Fsp3) is 0.455. The Balaban J connectivity index is 1.48. The van der Waals surface area contributed by atoms with Crippen LogP contribution in [0.2, 0.25) is 0 Å². The molecule has 0 N–H and O–H groups in total. The van der Waals surface area contributed by atoms with Crippen molar-refractivity contribution in [3.63, 3.8) is 0 Å². The van der Waals surface area contributed by atoms with E-state index in [0.717, 1.165) is 29.9 Å². The maximum Gasteiger partial charge on any atom is 0.263 e. The van der Waals surface area contributed by atoms with Gasteiger partial charge in [-0.2, -0.15) is 0 Å². The van der Waals surface area contributed by atoms with E-state index < -0.39 is 0 Å². The van der Waals surface area contributed by atoms with Gasteiger partial charge >= 0.3 is 0 Å². The molecule has 1 saturated heterocycles. The highest BCUT2D eigenvalue weighted by Crippen LogP contribution is 2.24. The van der Waals surface area contributed by atoms with Crippen LogP contribution in [0.25, 0.3) is 0 Å². The molecule has 0 unspecified atom stereocenters. The summed E-state index contributed by atoms with van der Waals surface area (Å²) < 4.78 is 17.9. The summed E-state index contributed by atoms with van der Waals surface area (Å²) in [6.45, 7) is 2.39. The van der Waals surface area contributed by atoms with Gasteiger partial charge in [-0.1, -0.05) is 0 Å². The Hall–Kier alpha value is -2.80. The molecule has 1 aromatic carbocycles. The van der Waals surface area contributed by atoms with Gasteiger partial charge in [-0.25, -0.2) is 0 Å². The number of benzene rings is 1. The molecular formula is C22H28N2O5. The maximum absolute atomic E-state index is 12.7. The largest absolute Gasteiger partial charge is 0.497 e. The number of nitrogens with zero attached hydrogens (tertiary/aromatic N) is 2. The molecule has 0 spiro atoms. The van der Waals surface area contributed by atoms with Gasteiger partial charge in [0.25, 0.3) is 11.5 Å². The van der Waals surface area contributed by atoms with Crippen molar-refractivity contribution < 1.29 is 19.0 Å². The SMILES string of the molecule is COc1cc(COCC2CCN(C(=O)c3cccn(C)c3=O)CC2)cc(OC)c1. The summed E-state index contributed by atoms with van der Waals surface area (Å²) in [5.41, 5.74) is 0.974. The zero-order chi connectivity index (χ0) is 20.8. The third kappa shape index (κ3) is 5.17. The summed E-state index contributed by atoms with van der Waals surface area (Å²) in [5, 5.41) is 0. The molecule has 1 aliphatic rings. The van der Waals surface area contributed by atoms with Crippen LogP contribution in [0.15, 0.2) is 41.3 Å². The van der Waals surface area contributed by atoms with Gasteiger partial charge in [-0.05, 0) is 48.6 Å². The van der Waals surface area contributed by atoms with Gasteiger partial charge in [0.05, 0.1) is 20.8 Å². The van der Waals surface area contributed by atoms with Crippen LogP contribution in [-0.2, 0) is 18.4 Å². The molecule has 1 amide bonds. The van der Waals surface area contributed by atoms with Gasteiger partial charge in [0.1, 0.15) is 17.1 Å². The molecule has 1 aromatic heterocycles. The van der Waals surface area contributed by atoms with Gasteiger partial charge in [0.2, 0.25) is 0 Å². The maximum atomic E-state index is 12.7. The normalized spacial score (nSPS) is 14.7. The Morgan fingerprint density at radius 1 is 1.10 bits per heavy atom. The first-order valence-electron chi connectivity index (χ1n) is 9.76. The summed E-state index contributed by atoms with van der Waals surface area (Å²) in [6.07, 6.45) is 3.38. The molecular weight excluding hydrogens is 372 g/mol. The van der Waals surface area contributed by atoms with Crippen LogP contribution in [0.1, 0.15) is 28.8 Å². The van der Waals surface area contributed by atoms with Crippen molar-refractivity contribution in [2.24, 2.45) is 13.0 Å². The number of likely N-dealkylation sites (tertiary alicyclic amines) is 1. The van der Waals surface area contributed by atoms with Crippen molar-refractivity contribution in [3.05, 3.63) is 58.0 Å². The van der Waals surface area contributed by atoms with Crippen LogP contribution in [0.3, 0.4) is 0 Å². The van der Waals surface area contributed by atoms with Gasteiger partial charge in [-0.15, -0.1) is 0 Å². The summed E-state index contributed by atoms with van der Waals surface area (Å²) in [6, 6.07) is 9.02. The van der Waals surface area contributed by atoms with E-state index in [-0.39, 0.29) is 17.0 Å². The zero-order valence-corrected chi connectivity index (χ0v) is 17.2. The third-order valence-corrected chi connectivity index (χ3v) is 5.29. The minimum atomic E-state index is -0.253. The van der Waals surface area contributed by atoms with Gasteiger partial charge < -0.3 is 23.7 Å². The number of aromatic nitrogens is 1. The van der Waals surface area contributed by atoms with Crippen molar-refractivity contribution in [3.8, 4) is 11.5 Å². The number of piperidine rings is 1. The van der Waals surface area contributed by atoms with Crippen LogP contribution >= 0.6 is 0 Å². The lowest BCUT2D eigenvalue weighted by molar-refractivity contribution is 0.0476. The third-order valence-electron chi connectivity index (χ3n) is 5.29. The minimum Gasteiger partial charge on any atom is -0.497 e. The first kappa shape index (κ1) is 20.9. The lowest BCUT2D eigenvalue weighted by atomic mass is 9.97. The van der Waals surface area contributed by atoms with E-state index in [1.807, 2.05) is 18.2 Å². The topological polar surface area (TPSA) is 70.0 Å². The van der Waals surface area contributed by atoms with E-state index in [9.17, 15) is 9.59 Å². The van der Waals surface area contributed by atoms with Crippen LogP contribution in [0.4, 0.5) is 0 Å². The summed E-state index contributed by atoms with van der Waals surface area (Å²) in [7, 11) is 4.90. The Morgan fingerprint density at radius 2 is 1.76 bits per heavy atom.